The number of aryl methyl sites for hydroxylation is 1. The molecule has 2 aliphatic heterocycles. The van der Waals surface area contributed by atoms with Gasteiger partial charge in [0.05, 0.1) is 25.2 Å². The lowest BCUT2D eigenvalue weighted by molar-refractivity contribution is -0.145. The number of carbonyl (C=O) groups is 1. The summed E-state index contributed by atoms with van der Waals surface area (Å²) in [5.74, 6) is 1.52. The van der Waals surface area contributed by atoms with Crippen LogP contribution in [0.2, 0.25) is 0 Å². The van der Waals surface area contributed by atoms with Gasteiger partial charge in [-0.25, -0.2) is 0 Å². The fraction of sp³-hybridized carbons (Fsp3) is 0.864. The maximum Gasteiger partial charge on any atom is 0.228 e. The number of fused-ring (bicyclic) bond motifs is 1. The lowest BCUT2D eigenvalue weighted by Crippen LogP contribution is -2.60. The van der Waals surface area contributed by atoms with Gasteiger partial charge < -0.3 is 19.5 Å². The number of morpholine rings is 1. The van der Waals surface area contributed by atoms with Crippen LogP contribution in [0.1, 0.15) is 51.8 Å². The molecule has 2 saturated heterocycles. The average molecular weight is 419 g/mol. The molecule has 3 heterocycles. The Labute approximate surface area is 180 Å². The number of amides is 1. The first-order chi connectivity index (χ1) is 14.7. The van der Waals surface area contributed by atoms with Crippen LogP contribution in [0, 0.1) is 11.3 Å². The molecule has 30 heavy (non-hydrogen) atoms. The molecule has 1 saturated carbocycles. The highest BCUT2D eigenvalue weighted by molar-refractivity contribution is 5.83. The van der Waals surface area contributed by atoms with Gasteiger partial charge in [0.2, 0.25) is 5.91 Å². The van der Waals surface area contributed by atoms with Crippen LogP contribution < -0.4 is 5.32 Å². The average Bonchev–Trinajstić information content (AvgIpc) is 3.24. The molecule has 4 rings (SSSR count). The maximum absolute atomic E-state index is 13.6. The van der Waals surface area contributed by atoms with E-state index >= 15 is 0 Å². The standard InChI is InChI=1S/C22H38N6O2/c1-3-8-28-17-24-25-20(28)15-23-21(29)22-7-5-19(27-10-12-30-13-11-27)14-18(22)6-9-26(4-2)16-22/h17-19H,3-16H2,1-2H3,(H,23,29)/t18-,19+,22-/m1/s1. The Bertz CT molecular complexity index is 704. The van der Waals surface area contributed by atoms with Crippen molar-refractivity contribution in [3.8, 4) is 0 Å². The Balaban J connectivity index is 1.45. The Morgan fingerprint density at radius 3 is 2.87 bits per heavy atom. The van der Waals surface area contributed by atoms with Crippen LogP contribution in [-0.4, -0.2) is 82.5 Å². The zero-order chi connectivity index (χ0) is 21.0. The van der Waals surface area contributed by atoms with Gasteiger partial charge in [0.1, 0.15) is 6.33 Å². The van der Waals surface area contributed by atoms with Crippen LogP contribution in [-0.2, 0) is 22.6 Å². The first kappa shape index (κ1) is 21.7. The Kier molecular flexibility index (Phi) is 7.05. The number of likely N-dealkylation sites (tertiary alicyclic amines) is 1. The van der Waals surface area contributed by atoms with Crippen LogP contribution in [0.4, 0.5) is 0 Å². The highest BCUT2D eigenvalue weighted by Crippen LogP contribution is 2.47. The van der Waals surface area contributed by atoms with E-state index in [-0.39, 0.29) is 11.3 Å². The number of rotatable bonds is 7. The summed E-state index contributed by atoms with van der Waals surface area (Å²) in [5.41, 5.74) is -0.271. The zero-order valence-corrected chi connectivity index (χ0v) is 18.7. The highest BCUT2D eigenvalue weighted by atomic mass is 16.5. The van der Waals surface area contributed by atoms with Gasteiger partial charge in [-0.3, -0.25) is 9.69 Å². The fourth-order valence-corrected chi connectivity index (χ4v) is 5.81. The van der Waals surface area contributed by atoms with Crippen molar-refractivity contribution in [1.82, 2.24) is 29.9 Å². The van der Waals surface area contributed by atoms with Crippen molar-refractivity contribution in [2.75, 3.05) is 45.9 Å². The molecule has 0 unspecified atom stereocenters. The molecule has 0 radical (unpaired) electrons. The van der Waals surface area contributed by atoms with Crippen LogP contribution in [0.3, 0.4) is 0 Å². The molecular weight excluding hydrogens is 380 g/mol. The first-order valence-electron chi connectivity index (χ1n) is 11.9. The number of nitrogens with one attached hydrogen (secondary N) is 1. The molecule has 1 aliphatic carbocycles. The largest absolute Gasteiger partial charge is 0.379 e. The van der Waals surface area contributed by atoms with Crippen molar-refractivity contribution in [3.63, 3.8) is 0 Å². The van der Waals surface area contributed by atoms with Gasteiger partial charge in [0.25, 0.3) is 0 Å². The molecule has 1 N–H and O–H groups in total. The van der Waals surface area contributed by atoms with Crippen LogP contribution >= 0.6 is 0 Å². The van der Waals surface area contributed by atoms with Crippen LogP contribution in [0.5, 0.6) is 0 Å². The maximum atomic E-state index is 13.6. The number of hydrogen-bond acceptors (Lipinski definition) is 6. The molecule has 168 valence electrons. The number of ether oxygens (including phenoxy) is 1. The van der Waals surface area contributed by atoms with E-state index in [0.717, 1.165) is 90.4 Å². The van der Waals surface area contributed by atoms with Gasteiger partial charge in [0.15, 0.2) is 5.82 Å². The predicted octanol–water partition coefficient (Wildman–Crippen LogP) is 1.52. The Morgan fingerprint density at radius 2 is 2.10 bits per heavy atom. The van der Waals surface area contributed by atoms with Crippen molar-refractivity contribution in [2.24, 2.45) is 11.3 Å². The summed E-state index contributed by atoms with van der Waals surface area (Å²) in [6.45, 7) is 12.5. The number of hydrogen-bond donors (Lipinski definition) is 1. The summed E-state index contributed by atoms with van der Waals surface area (Å²) in [4.78, 5) is 18.7. The van der Waals surface area contributed by atoms with E-state index < -0.39 is 0 Å². The molecule has 3 aliphatic rings. The summed E-state index contributed by atoms with van der Waals surface area (Å²) in [5, 5.41) is 11.5. The third kappa shape index (κ3) is 4.41. The van der Waals surface area contributed by atoms with Crippen molar-refractivity contribution in [3.05, 3.63) is 12.2 Å². The highest BCUT2D eigenvalue weighted by Gasteiger charge is 2.52. The summed E-state index contributed by atoms with van der Waals surface area (Å²) in [7, 11) is 0. The predicted molar refractivity (Wildman–Crippen MR) is 115 cm³/mol. The molecule has 3 fully saturated rings. The lowest BCUT2D eigenvalue weighted by atomic mass is 9.61. The van der Waals surface area contributed by atoms with Crippen molar-refractivity contribution in [1.29, 1.82) is 0 Å². The lowest BCUT2D eigenvalue weighted by Gasteiger charge is -2.53. The number of nitrogens with zero attached hydrogens (tertiary/aromatic N) is 5. The van der Waals surface area contributed by atoms with E-state index in [4.69, 9.17) is 4.74 Å². The molecule has 1 aromatic rings. The van der Waals surface area contributed by atoms with Crippen molar-refractivity contribution < 1.29 is 9.53 Å². The van der Waals surface area contributed by atoms with Gasteiger partial charge in [-0.2, -0.15) is 0 Å². The van der Waals surface area contributed by atoms with Crippen LogP contribution in [0.25, 0.3) is 0 Å². The summed E-state index contributed by atoms with van der Waals surface area (Å²) in [6.07, 6.45) is 7.13. The molecule has 1 amide bonds. The number of piperidine rings is 1. The van der Waals surface area contributed by atoms with Gasteiger partial charge in [0, 0.05) is 32.2 Å². The monoisotopic (exact) mass is 418 g/mol. The molecule has 8 nitrogen and oxygen atoms in total. The van der Waals surface area contributed by atoms with E-state index in [2.05, 4.69) is 39.2 Å². The summed E-state index contributed by atoms with van der Waals surface area (Å²) in [6, 6.07) is 0.598. The van der Waals surface area contributed by atoms with Gasteiger partial charge in [-0.15, -0.1) is 10.2 Å². The fourth-order valence-electron chi connectivity index (χ4n) is 5.81. The van der Waals surface area contributed by atoms with Crippen molar-refractivity contribution >= 4 is 5.91 Å². The first-order valence-corrected chi connectivity index (χ1v) is 11.9. The molecule has 1 aromatic heterocycles. The molecule has 8 heteroatoms. The summed E-state index contributed by atoms with van der Waals surface area (Å²) >= 11 is 0. The van der Waals surface area contributed by atoms with E-state index in [1.54, 1.807) is 6.33 Å². The second-order valence-corrected chi connectivity index (χ2v) is 9.21. The molecule has 0 bridgehead atoms. The third-order valence-corrected chi connectivity index (χ3v) is 7.59. The van der Waals surface area contributed by atoms with Gasteiger partial charge in [-0.05, 0) is 51.1 Å². The van der Waals surface area contributed by atoms with Crippen molar-refractivity contribution in [2.45, 2.75) is 65.1 Å². The third-order valence-electron chi connectivity index (χ3n) is 7.59. The van der Waals surface area contributed by atoms with E-state index in [9.17, 15) is 4.79 Å². The number of carbonyl (C=O) groups excluding carboxylic acids is 1. The Hall–Kier alpha value is -1.51. The minimum Gasteiger partial charge on any atom is -0.379 e. The van der Waals surface area contributed by atoms with E-state index in [1.807, 2.05) is 4.57 Å². The Morgan fingerprint density at radius 1 is 1.27 bits per heavy atom. The zero-order valence-electron chi connectivity index (χ0n) is 18.7. The van der Waals surface area contributed by atoms with Gasteiger partial charge >= 0.3 is 0 Å². The summed E-state index contributed by atoms with van der Waals surface area (Å²) < 4.78 is 7.60. The molecular formula is C22H38N6O2. The van der Waals surface area contributed by atoms with Crippen LogP contribution in [0.15, 0.2) is 6.33 Å². The topological polar surface area (TPSA) is 75.5 Å². The molecule has 3 atom stereocenters. The minimum absolute atomic E-state index is 0.220. The molecule has 0 spiro atoms. The number of aromatic nitrogens is 3. The minimum atomic E-state index is -0.271. The molecule has 0 aromatic carbocycles. The quantitative estimate of drug-likeness (QED) is 0.724. The van der Waals surface area contributed by atoms with E-state index in [1.165, 1.54) is 0 Å². The smallest absolute Gasteiger partial charge is 0.228 e. The second-order valence-electron chi connectivity index (χ2n) is 9.21. The van der Waals surface area contributed by atoms with E-state index in [0.29, 0.717) is 18.5 Å². The second kappa shape index (κ2) is 9.75. The SMILES string of the molecule is CCCn1cnnc1CNC(=O)[C@@]12CC[C@H](N3CCOCC3)C[C@H]1CCN(CC)C2. The normalized spacial score (nSPS) is 30.7. The van der Waals surface area contributed by atoms with Gasteiger partial charge in [-0.1, -0.05) is 13.8 Å².